The van der Waals surface area contributed by atoms with Crippen molar-refractivity contribution in [2.45, 2.75) is 26.7 Å². The van der Waals surface area contributed by atoms with Gasteiger partial charge in [0.05, 0.1) is 5.75 Å². The Morgan fingerprint density at radius 2 is 1.88 bits per heavy atom. The largest absolute Gasteiger partial charge is 0.483 e. The molecule has 1 aliphatic heterocycles. The monoisotopic (exact) mass is 381 g/mol. The number of amides is 2. The van der Waals surface area contributed by atoms with Crippen LogP contribution in [0.1, 0.15) is 24.0 Å². The summed E-state index contributed by atoms with van der Waals surface area (Å²) < 4.78 is 6.21. The summed E-state index contributed by atoms with van der Waals surface area (Å²) in [4.78, 5) is 25.6. The van der Waals surface area contributed by atoms with Crippen LogP contribution in [0.15, 0.2) is 18.2 Å². The van der Waals surface area contributed by atoms with Crippen LogP contribution in [0.5, 0.6) is 5.75 Å². The number of thioether (sulfide) groups is 1. The van der Waals surface area contributed by atoms with Crippen LogP contribution < -0.4 is 15.6 Å². The third-order valence-electron chi connectivity index (χ3n) is 3.73. The molecule has 0 aromatic heterocycles. The molecular formula is C17H23N3O3S2. The molecule has 2 N–H and O–H groups in total. The molecule has 0 unspecified atom stereocenters. The van der Waals surface area contributed by atoms with E-state index in [0.717, 1.165) is 41.4 Å². The highest BCUT2D eigenvalue weighted by molar-refractivity contribution is 8.23. The van der Waals surface area contributed by atoms with Gasteiger partial charge in [-0.15, -0.1) is 0 Å². The number of likely N-dealkylation sites (tertiary alicyclic amines) is 1. The SMILES string of the molecule is Cc1ccc(C)c(OCC(=O)NNC(=O)CSC(=S)N2CCCC2)c1. The Morgan fingerprint density at radius 1 is 1.20 bits per heavy atom. The minimum absolute atomic E-state index is 0.163. The van der Waals surface area contributed by atoms with E-state index in [2.05, 4.69) is 15.8 Å². The number of nitrogens with one attached hydrogen (secondary N) is 2. The van der Waals surface area contributed by atoms with Crippen molar-refractivity contribution < 1.29 is 14.3 Å². The van der Waals surface area contributed by atoms with E-state index in [4.69, 9.17) is 17.0 Å². The third-order valence-corrected chi connectivity index (χ3v) is 5.26. The zero-order valence-corrected chi connectivity index (χ0v) is 16.1. The van der Waals surface area contributed by atoms with Gasteiger partial charge in [-0.2, -0.15) is 0 Å². The van der Waals surface area contributed by atoms with Crippen LogP contribution in [0.4, 0.5) is 0 Å². The Kier molecular flexibility index (Phi) is 7.52. The lowest BCUT2D eigenvalue weighted by atomic mass is 10.1. The molecule has 136 valence electrons. The number of rotatable bonds is 5. The van der Waals surface area contributed by atoms with Crippen molar-refractivity contribution in [2.75, 3.05) is 25.4 Å². The fourth-order valence-electron chi connectivity index (χ4n) is 2.34. The molecule has 0 saturated carbocycles. The normalized spacial score (nSPS) is 13.4. The summed E-state index contributed by atoms with van der Waals surface area (Å²) in [5.74, 6) is 0.119. The first-order valence-electron chi connectivity index (χ1n) is 8.15. The lowest BCUT2D eigenvalue weighted by molar-refractivity contribution is -0.128. The summed E-state index contributed by atoms with van der Waals surface area (Å²) in [6.07, 6.45) is 2.28. The summed E-state index contributed by atoms with van der Waals surface area (Å²) in [7, 11) is 0. The molecule has 1 fully saturated rings. The molecule has 1 aromatic carbocycles. The van der Waals surface area contributed by atoms with Crippen molar-refractivity contribution in [2.24, 2.45) is 0 Å². The standard InChI is InChI=1S/C17H23N3O3S2/c1-12-5-6-13(2)14(9-12)23-10-15(21)18-19-16(22)11-25-17(24)20-7-3-4-8-20/h5-6,9H,3-4,7-8,10-11H2,1-2H3,(H,18,21)(H,19,22). The first-order valence-corrected chi connectivity index (χ1v) is 9.54. The molecule has 0 spiro atoms. The van der Waals surface area contributed by atoms with Gasteiger partial charge >= 0.3 is 0 Å². The molecule has 1 aromatic rings. The van der Waals surface area contributed by atoms with E-state index >= 15 is 0 Å². The Balaban J connectivity index is 1.64. The van der Waals surface area contributed by atoms with Gasteiger partial charge in [0.25, 0.3) is 5.91 Å². The van der Waals surface area contributed by atoms with Crippen molar-refractivity contribution in [3.8, 4) is 5.75 Å². The minimum atomic E-state index is -0.415. The van der Waals surface area contributed by atoms with E-state index < -0.39 is 5.91 Å². The molecule has 1 aliphatic rings. The predicted octanol–water partition coefficient (Wildman–Crippen LogP) is 1.94. The molecule has 0 aliphatic carbocycles. The second kappa shape index (κ2) is 9.62. The molecule has 2 amide bonds. The second-order valence-corrected chi connectivity index (χ2v) is 7.51. The number of aryl methyl sites for hydroxylation is 2. The van der Waals surface area contributed by atoms with Crippen LogP contribution >= 0.6 is 24.0 Å². The highest BCUT2D eigenvalue weighted by Gasteiger charge is 2.16. The van der Waals surface area contributed by atoms with E-state index in [-0.39, 0.29) is 18.3 Å². The number of thiocarbonyl (C=S) groups is 1. The van der Waals surface area contributed by atoms with Crippen LogP contribution in [0.3, 0.4) is 0 Å². The number of carbonyl (C=O) groups excluding carboxylic acids is 2. The number of hydrazine groups is 1. The number of nitrogens with zero attached hydrogens (tertiary/aromatic N) is 1. The van der Waals surface area contributed by atoms with Gasteiger partial charge in [0.15, 0.2) is 6.61 Å². The molecule has 8 heteroatoms. The maximum atomic E-state index is 11.8. The first-order chi connectivity index (χ1) is 12.0. The lowest BCUT2D eigenvalue weighted by Gasteiger charge is -2.17. The van der Waals surface area contributed by atoms with E-state index in [1.54, 1.807) is 0 Å². The molecule has 2 rings (SSSR count). The van der Waals surface area contributed by atoms with Gasteiger partial charge < -0.3 is 9.64 Å². The van der Waals surface area contributed by atoms with Crippen LogP contribution in [0, 0.1) is 13.8 Å². The second-order valence-electron chi connectivity index (χ2n) is 5.90. The quantitative estimate of drug-likeness (QED) is 0.600. The number of benzene rings is 1. The molecule has 1 heterocycles. The van der Waals surface area contributed by atoms with Crippen molar-refractivity contribution in [1.82, 2.24) is 15.8 Å². The van der Waals surface area contributed by atoms with Crippen LogP contribution in [-0.4, -0.2) is 46.5 Å². The van der Waals surface area contributed by atoms with Crippen molar-refractivity contribution in [3.63, 3.8) is 0 Å². The van der Waals surface area contributed by atoms with Crippen LogP contribution in [0.25, 0.3) is 0 Å². The van der Waals surface area contributed by atoms with Gasteiger partial charge in [-0.3, -0.25) is 20.4 Å². The van der Waals surface area contributed by atoms with Gasteiger partial charge in [0.2, 0.25) is 5.91 Å². The van der Waals surface area contributed by atoms with Gasteiger partial charge in [-0.05, 0) is 43.9 Å². The summed E-state index contributed by atoms with van der Waals surface area (Å²) in [5, 5.41) is 0. The third kappa shape index (κ3) is 6.55. The lowest BCUT2D eigenvalue weighted by Crippen LogP contribution is -2.44. The summed E-state index contributed by atoms with van der Waals surface area (Å²) in [5.41, 5.74) is 6.73. The Hall–Kier alpha value is -1.80. The predicted molar refractivity (Wildman–Crippen MR) is 104 cm³/mol. The fraction of sp³-hybridized carbons (Fsp3) is 0.471. The van der Waals surface area contributed by atoms with Gasteiger partial charge in [-0.1, -0.05) is 36.1 Å². The average molecular weight is 382 g/mol. The van der Waals surface area contributed by atoms with Gasteiger partial charge in [0, 0.05) is 13.1 Å². The highest BCUT2D eigenvalue weighted by atomic mass is 32.2. The molecule has 0 radical (unpaired) electrons. The maximum Gasteiger partial charge on any atom is 0.276 e. The number of hydrogen-bond acceptors (Lipinski definition) is 5. The molecule has 0 atom stereocenters. The average Bonchev–Trinajstić information content (AvgIpc) is 3.13. The molecule has 0 bridgehead atoms. The highest BCUT2D eigenvalue weighted by Crippen LogP contribution is 2.19. The molecular weight excluding hydrogens is 358 g/mol. The van der Waals surface area contributed by atoms with Gasteiger partial charge in [0.1, 0.15) is 10.1 Å². The number of ether oxygens (including phenoxy) is 1. The Morgan fingerprint density at radius 3 is 2.60 bits per heavy atom. The maximum absolute atomic E-state index is 11.8. The summed E-state index contributed by atoms with van der Waals surface area (Å²) in [6.45, 7) is 5.62. The van der Waals surface area contributed by atoms with E-state index in [0.29, 0.717) is 5.75 Å². The van der Waals surface area contributed by atoms with E-state index in [1.165, 1.54) is 11.8 Å². The smallest absolute Gasteiger partial charge is 0.276 e. The zero-order valence-electron chi connectivity index (χ0n) is 14.5. The van der Waals surface area contributed by atoms with Crippen molar-refractivity contribution in [3.05, 3.63) is 29.3 Å². The first kappa shape index (κ1) is 19.5. The van der Waals surface area contributed by atoms with E-state index in [9.17, 15) is 9.59 Å². The molecule has 25 heavy (non-hydrogen) atoms. The minimum Gasteiger partial charge on any atom is -0.483 e. The van der Waals surface area contributed by atoms with Crippen molar-refractivity contribution in [1.29, 1.82) is 0 Å². The molecule has 1 saturated heterocycles. The summed E-state index contributed by atoms with van der Waals surface area (Å²) in [6, 6.07) is 5.79. The van der Waals surface area contributed by atoms with Crippen LogP contribution in [0.2, 0.25) is 0 Å². The van der Waals surface area contributed by atoms with Gasteiger partial charge in [-0.25, -0.2) is 0 Å². The number of hydrogen-bond donors (Lipinski definition) is 2. The Labute approximate surface area is 157 Å². The van der Waals surface area contributed by atoms with E-state index in [1.807, 2.05) is 32.0 Å². The Bertz CT molecular complexity index is 646. The van der Waals surface area contributed by atoms with Crippen molar-refractivity contribution >= 4 is 40.1 Å². The zero-order chi connectivity index (χ0) is 18.2. The topological polar surface area (TPSA) is 70.7 Å². The molecule has 6 nitrogen and oxygen atoms in total. The number of carbonyl (C=O) groups is 2. The van der Waals surface area contributed by atoms with Crippen LogP contribution in [-0.2, 0) is 9.59 Å². The summed E-state index contributed by atoms with van der Waals surface area (Å²) >= 11 is 6.60. The fourth-order valence-corrected chi connectivity index (χ4v) is 3.39.